The number of hydrogen-bond donors (Lipinski definition) is 1. The highest BCUT2D eigenvalue weighted by Crippen LogP contribution is 2.27. The Morgan fingerprint density at radius 3 is 2.81 bits per heavy atom. The van der Waals surface area contributed by atoms with Crippen LogP contribution in [-0.2, 0) is 4.74 Å². The third-order valence-electron chi connectivity index (χ3n) is 3.90. The first-order chi connectivity index (χ1) is 10.2. The van der Waals surface area contributed by atoms with E-state index in [9.17, 15) is 4.79 Å². The summed E-state index contributed by atoms with van der Waals surface area (Å²) in [4.78, 5) is 11.0. The minimum Gasteiger partial charge on any atom is -0.493 e. The molecule has 0 atom stereocenters. The highest BCUT2D eigenvalue weighted by molar-refractivity contribution is 5.96. The Hall–Kier alpha value is -2.07. The molecule has 3 rings (SSSR count). The van der Waals surface area contributed by atoms with Gasteiger partial charge in [-0.2, -0.15) is 0 Å². The SMILES string of the molecule is O=C(O)c1ccc2c(OCC3CCOCC3)cccc2c1. The maximum Gasteiger partial charge on any atom is 0.335 e. The Balaban J connectivity index is 1.80. The monoisotopic (exact) mass is 286 g/mol. The third kappa shape index (κ3) is 3.16. The van der Waals surface area contributed by atoms with Crippen molar-refractivity contribution in [2.45, 2.75) is 12.8 Å². The number of ether oxygens (including phenoxy) is 2. The van der Waals surface area contributed by atoms with Crippen molar-refractivity contribution in [3.05, 3.63) is 42.0 Å². The molecule has 0 unspecified atom stereocenters. The molecule has 1 aliphatic heterocycles. The molecule has 0 amide bonds. The van der Waals surface area contributed by atoms with Gasteiger partial charge in [-0.25, -0.2) is 4.79 Å². The maximum atomic E-state index is 11.0. The number of carbonyl (C=O) groups is 1. The molecule has 0 spiro atoms. The quantitative estimate of drug-likeness (QED) is 0.936. The summed E-state index contributed by atoms with van der Waals surface area (Å²) in [6, 6.07) is 10.8. The lowest BCUT2D eigenvalue weighted by molar-refractivity contribution is 0.0500. The molecule has 1 fully saturated rings. The van der Waals surface area contributed by atoms with Gasteiger partial charge >= 0.3 is 5.97 Å². The molecule has 1 heterocycles. The molecule has 4 heteroatoms. The number of carboxylic acids is 1. The fourth-order valence-corrected chi connectivity index (χ4v) is 2.63. The Labute approximate surface area is 123 Å². The van der Waals surface area contributed by atoms with Crippen molar-refractivity contribution < 1.29 is 19.4 Å². The Kier molecular flexibility index (Phi) is 4.06. The second-order valence-electron chi connectivity index (χ2n) is 5.36. The predicted octanol–water partition coefficient (Wildman–Crippen LogP) is 3.34. The first-order valence-electron chi connectivity index (χ1n) is 7.20. The van der Waals surface area contributed by atoms with Crippen molar-refractivity contribution in [3.63, 3.8) is 0 Å². The van der Waals surface area contributed by atoms with Crippen LogP contribution < -0.4 is 4.74 Å². The highest BCUT2D eigenvalue weighted by Gasteiger charge is 2.15. The van der Waals surface area contributed by atoms with Crippen LogP contribution in [0.1, 0.15) is 23.2 Å². The van der Waals surface area contributed by atoms with E-state index in [-0.39, 0.29) is 0 Å². The lowest BCUT2D eigenvalue weighted by Gasteiger charge is -2.22. The van der Waals surface area contributed by atoms with Gasteiger partial charge in [0, 0.05) is 18.6 Å². The van der Waals surface area contributed by atoms with Crippen LogP contribution in [0.25, 0.3) is 10.8 Å². The summed E-state index contributed by atoms with van der Waals surface area (Å²) in [7, 11) is 0. The highest BCUT2D eigenvalue weighted by atomic mass is 16.5. The van der Waals surface area contributed by atoms with E-state index in [1.54, 1.807) is 12.1 Å². The van der Waals surface area contributed by atoms with Gasteiger partial charge in [-0.05, 0) is 48.4 Å². The Morgan fingerprint density at radius 2 is 2.05 bits per heavy atom. The fraction of sp³-hybridized carbons (Fsp3) is 0.353. The van der Waals surface area contributed by atoms with Gasteiger partial charge in [-0.1, -0.05) is 12.1 Å². The van der Waals surface area contributed by atoms with Gasteiger partial charge in [0.05, 0.1) is 12.2 Å². The largest absolute Gasteiger partial charge is 0.493 e. The zero-order valence-corrected chi connectivity index (χ0v) is 11.7. The molecule has 1 aliphatic rings. The van der Waals surface area contributed by atoms with Crippen LogP contribution in [0.4, 0.5) is 0 Å². The summed E-state index contributed by atoms with van der Waals surface area (Å²) in [5.41, 5.74) is 0.295. The zero-order chi connectivity index (χ0) is 14.7. The minimum absolute atomic E-state index is 0.295. The Bertz CT molecular complexity index is 644. The summed E-state index contributed by atoms with van der Waals surface area (Å²) in [5, 5.41) is 10.9. The molecule has 2 aromatic carbocycles. The van der Waals surface area contributed by atoms with Gasteiger partial charge in [0.25, 0.3) is 0 Å². The van der Waals surface area contributed by atoms with Crippen molar-refractivity contribution in [2.24, 2.45) is 5.92 Å². The molecule has 21 heavy (non-hydrogen) atoms. The standard InChI is InChI=1S/C17H18O4/c18-17(19)14-4-5-15-13(10-14)2-1-3-16(15)21-11-12-6-8-20-9-7-12/h1-5,10,12H,6-9,11H2,(H,18,19). The van der Waals surface area contributed by atoms with Gasteiger partial charge < -0.3 is 14.6 Å². The van der Waals surface area contributed by atoms with E-state index in [1.807, 2.05) is 24.3 Å². The number of benzene rings is 2. The normalized spacial score (nSPS) is 16.0. The number of carboxylic acid groups (broad SMARTS) is 1. The summed E-state index contributed by atoms with van der Waals surface area (Å²) in [6.07, 6.45) is 2.07. The summed E-state index contributed by atoms with van der Waals surface area (Å²) in [5.74, 6) is 0.439. The lowest BCUT2D eigenvalue weighted by Crippen LogP contribution is -2.21. The van der Waals surface area contributed by atoms with Crippen molar-refractivity contribution in [3.8, 4) is 5.75 Å². The van der Waals surface area contributed by atoms with E-state index in [2.05, 4.69) is 0 Å². The van der Waals surface area contributed by atoms with Crippen LogP contribution in [0, 0.1) is 5.92 Å². The molecular formula is C17H18O4. The predicted molar refractivity (Wildman–Crippen MR) is 79.9 cm³/mol. The van der Waals surface area contributed by atoms with E-state index in [0.29, 0.717) is 18.1 Å². The van der Waals surface area contributed by atoms with E-state index < -0.39 is 5.97 Å². The molecule has 4 nitrogen and oxygen atoms in total. The molecule has 0 radical (unpaired) electrons. The Morgan fingerprint density at radius 1 is 1.24 bits per heavy atom. The third-order valence-corrected chi connectivity index (χ3v) is 3.90. The summed E-state index contributed by atoms with van der Waals surface area (Å²) in [6.45, 7) is 2.31. The lowest BCUT2D eigenvalue weighted by atomic mass is 10.0. The van der Waals surface area contributed by atoms with Gasteiger partial charge in [-0.15, -0.1) is 0 Å². The molecule has 0 saturated carbocycles. The van der Waals surface area contributed by atoms with Crippen LogP contribution in [0.5, 0.6) is 5.75 Å². The van der Waals surface area contributed by atoms with Crippen molar-refractivity contribution in [1.82, 2.24) is 0 Å². The zero-order valence-electron chi connectivity index (χ0n) is 11.7. The smallest absolute Gasteiger partial charge is 0.335 e. The van der Waals surface area contributed by atoms with E-state index in [0.717, 1.165) is 42.6 Å². The minimum atomic E-state index is -0.912. The number of hydrogen-bond acceptors (Lipinski definition) is 3. The molecule has 2 aromatic rings. The molecule has 1 saturated heterocycles. The average Bonchev–Trinajstić information content (AvgIpc) is 2.53. The molecule has 0 aromatic heterocycles. The van der Waals surface area contributed by atoms with Crippen LogP contribution in [0.15, 0.2) is 36.4 Å². The molecule has 0 aliphatic carbocycles. The number of fused-ring (bicyclic) bond motifs is 1. The van der Waals surface area contributed by atoms with Gasteiger partial charge in [0.1, 0.15) is 5.75 Å². The number of rotatable bonds is 4. The van der Waals surface area contributed by atoms with E-state index in [4.69, 9.17) is 14.6 Å². The van der Waals surface area contributed by atoms with Gasteiger partial charge in [-0.3, -0.25) is 0 Å². The first kappa shape index (κ1) is 13.9. The number of aromatic carboxylic acids is 1. The van der Waals surface area contributed by atoms with Crippen LogP contribution in [0.2, 0.25) is 0 Å². The molecule has 0 bridgehead atoms. The van der Waals surface area contributed by atoms with Crippen LogP contribution in [0.3, 0.4) is 0 Å². The topological polar surface area (TPSA) is 55.8 Å². The van der Waals surface area contributed by atoms with Gasteiger partial charge in [0.2, 0.25) is 0 Å². The first-order valence-corrected chi connectivity index (χ1v) is 7.20. The molecular weight excluding hydrogens is 268 g/mol. The van der Waals surface area contributed by atoms with Crippen molar-refractivity contribution in [2.75, 3.05) is 19.8 Å². The maximum absolute atomic E-state index is 11.0. The fourth-order valence-electron chi connectivity index (χ4n) is 2.63. The second-order valence-corrected chi connectivity index (χ2v) is 5.36. The van der Waals surface area contributed by atoms with Crippen LogP contribution >= 0.6 is 0 Å². The van der Waals surface area contributed by atoms with E-state index >= 15 is 0 Å². The average molecular weight is 286 g/mol. The molecule has 110 valence electrons. The van der Waals surface area contributed by atoms with Gasteiger partial charge in [0.15, 0.2) is 0 Å². The van der Waals surface area contributed by atoms with Crippen molar-refractivity contribution in [1.29, 1.82) is 0 Å². The van der Waals surface area contributed by atoms with Crippen LogP contribution in [-0.4, -0.2) is 30.9 Å². The van der Waals surface area contributed by atoms with E-state index in [1.165, 1.54) is 0 Å². The second kappa shape index (κ2) is 6.14. The summed E-state index contributed by atoms with van der Waals surface area (Å²) < 4.78 is 11.3. The molecule has 1 N–H and O–H groups in total. The summed E-state index contributed by atoms with van der Waals surface area (Å²) >= 11 is 0. The van der Waals surface area contributed by atoms with Crippen molar-refractivity contribution >= 4 is 16.7 Å².